The molecule has 4 aromatic rings. The van der Waals surface area contributed by atoms with E-state index >= 15 is 0 Å². The zero-order valence-electron chi connectivity index (χ0n) is 17.3. The van der Waals surface area contributed by atoms with Crippen molar-refractivity contribution in [3.8, 4) is 11.3 Å². The molecule has 0 aliphatic rings. The lowest BCUT2D eigenvalue weighted by Gasteiger charge is -2.11. The number of aryl methyl sites for hydroxylation is 4. The largest absolute Gasteiger partial charge is 0.324 e. The second-order valence-electron chi connectivity index (χ2n) is 7.45. The van der Waals surface area contributed by atoms with Crippen LogP contribution in [0.15, 0.2) is 47.3 Å². The summed E-state index contributed by atoms with van der Waals surface area (Å²) in [6.45, 7) is 7.71. The maximum atomic E-state index is 13.0. The summed E-state index contributed by atoms with van der Waals surface area (Å²) in [6.07, 6.45) is 0. The van der Waals surface area contributed by atoms with E-state index in [-0.39, 0.29) is 18.0 Å². The molecule has 2 aromatic heterocycles. The number of benzene rings is 2. The van der Waals surface area contributed by atoms with Gasteiger partial charge >= 0.3 is 0 Å². The first-order valence-corrected chi connectivity index (χ1v) is 10.5. The number of carbonyl (C=O) groups excluding carboxylic acids is 1. The zero-order chi connectivity index (χ0) is 21.4. The summed E-state index contributed by atoms with van der Waals surface area (Å²) in [5.74, 6) is -0.314. The minimum absolute atomic E-state index is 0.183. The van der Waals surface area contributed by atoms with E-state index in [4.69, 9.17) is 0 Å². The van der Waals surface area contributed by atoms with Gasteiger partial charge in [-0.15, -0.1) is 11.3 Å². The van der Waals surface area contributed by atoms with Crippen LogP contribution in [0.25, 0.3) is 21.5 Å². The van der Waals surface area contributed by atoms with Gasteiger partial charge < -0.3 is 5.32 Å². The number of carbonyl (C=O) groups is 1. The van der Waals surface area contributed by atoms with Gasteiger partial charge in [-0.1, -0.05) is 41.5 Å². The summed E-state index contributed by atoms with van der Waals surface area (Å²) < 4.78 is 1.96. The Morgan fingerprint density at radius 1 is 1.03 bits per heavy atom. The Kier molecular flexibility index (Phi) is 5.22. The Morgan fingerprint density at radius 3 is 2.43 bits per heavy atom. The predicted octanol–water partition coefficient (Wildman–Crippen LogP) is 4.39. The number of nitrogens with one attached hydrogen (secondary N) is 1. The number of nitrogens with zero attached hydrogens (tertiary/aromatic N) is 3. The molecule has 1 N–H and O–H groups in total. The summed E-state index contributed by atoms with van der Waals surface area (Å²) >= 11 is 1.44. The van der Waals surface area contributed by atoms with Gasteiger partial charge in [0.15, 0.2) is 5.52 Å². The van der Waals surface area contributed by atoms with Crippen LogP contribution >= 0.6 is 11.3 Å². The Morgan fingerprint density at radius 2 is 1.73 bits per heavy atom. The van der Waals surface area contributed by atoms with Crippen molar-refractivity contribution in [2.45, 2.75) is 34.2 Å². The van der Waals surface area contributed by atoms with Gasteiger partial charge in [0.05, 0.1) is 9.71 Å². The van der Waals surface area contributed by atoms with Crippen molar-refractivity contribution in [3.05, 3.63) is 74.5 Å². The predicted molar refractivity (Wildman–Crippen MR) is 121 cm³/mol. The van der Waals surface area contributed by atoms with E-state index in [9.17, 15) is 9.59 Å². The highest BCUT2D eigenvalue weighted by molar-refractivity contribution is 7.19. The summed E-state index contributed by atoms with van der Waals surface area (Å²) in [5, 5.41) is 8.19. The zero-order valence-corrected chi connectivity index (χ0v) is 18.1. The minimum atomic E-state index is -0.359. The standard InChI is InChI=1S/C23H22N4O2S/c1-13-5-8-17(9-6-13)25-19(28)12-27-23(29)21-22(30-16(4)24-21)20(26-27)18-10-7-14(2)11-15(18)3/h5-11H,12H2,1-4H3,(H,25,28). The first-order chi connectivity index (χ1) is 14.3. The average molecular weight is 419 g/mol. The molecular weight excluding hydrogens is 396 g/mol. The molecule has 0 atom stereocenters. The number of hydrogen-bond donors (Lipinski definition) is 1. The van der Waals surface area contributed by atoms with Gasteiger partial charge in [-0.05, 0) is 45.4 Å². The molecule has 1 amide bonds. The van der Waals surface area contributed by atoms with Gasteiger partial charge in [0, 0.05) is 11.3 Å². The summed E-state index contributed by atoms with van der Waals surface area (Å²) in [6, 6.07) is 13.6. The van der Waals surface area contributed by atoms with Gasteiger partial charge in [-0.25, -0.2) is 9.67 Å². The minimum Gasteiger partial charge on any atom is -0.324 e. The Labute approximate surface area is 178 Å². The van der Waals surface area contributed by atoms with Crippen LogP contribution in [0.3, 0.4) is 0 Å². The number of anilines is 1. The quantitative estimate of drug-likeness (QED) is 0.533. The van der Waals surface area contributed by atoms with E-state index in [2.05, 4.69) is 21.5 Å². The van der Waals surface area contributed by atoms with Gasteiger partial charge in [-0.3, -0.25) is 9.59 Å². The van der Waals surface area contributed by atoms with Crippen LogP contribution < -0.4 is 10.9 Å². The molecule has 0 saturated heterocycles. The summed E-state index contributed by atoms with van der Waals surface area (Å²) in [7, 11) is 0. The molecule has 30 heavy (non-hydrogen) atoms. The number of hydrogen-bond acceptors (Lipinski definition) is 5. The molecule has 0 bridgehead atoms. The van der Waals surface area contributed by atoms with Gasteiger partial charge in [0.1, 0.15) is 12.2 Å². The summed E-state index contributed by atoms with van der Waals surface area (Å²) in [4.78, 5) is 30.0. The molecular formula is C23H22N4O2S. The number of amides is 1. The highest BCUT2D eigenvalue weighted by Crippen LogP contribution is 2.31. The molecule has 0 aliphatic carbocycles. The molecule has 6 nitrogen and oxygen atoms in total. The smallest absolute Gasteiger partial charge is 0.294 e. The lowest BCUT2D eigenvalue weighted by molar-refractivity contribution is -0.117. The van der Waals surface area contributed by atoms with Crippen LogP contribution in [0, 0.1) is 27.7 Å². The van der Waals surface area contributed by atoms with Gasteiger partial charge in [-0.2, -0.15) is 5.10 Å². The fraction of sp³-hybridized carbons (Fsp3) is 0.217. The van der Waals surface area contributed by atoms with Crippen molar-refractivity contribution in [1.82, 2.24) is 14.8 Å². The molecule has 0 spiro atoms. The summed E-state index contributed by atoms with van der Waals surface area (Å²) in [5.41, 5.74) is 5.60. The van der Waals surface area contributed by atoms with Gasteiger partial charge in [0.2, 0.25) is 5.91 Å². The number of thiazole rings is 1. The monoisotopic (exact) mass is 418 g/mol. The van der Waals surface area contributed by atoms with Crippen molar-refractivity contribution in [1.29, 1.82) is 0 Å². The highest BCUT2D eigenvalue weighted by Gasteiger charge is 2.19. The van der Waals surface area contributed by atoms with E-state index in [1.54, 1.807) is 0 Å². The fourth-order valence-corrected chi connectivity index (χ4v) is 4.31. The number of rotatable bonds is 4. The molecule has 4 rings (SSSR count). The lowest BCUT2D eigenvalue weighted by atomic mass is 10.0. The highest BCUT2D eigenvalue weighted by atomic mass is 32.1. The molecule has 7 heteroatoms. The maximum Gasteiger partial charge on any atom is 0.294 e. The van der Waals surface area contributed by atoms with E-state index in [1.807, 2.05) is 64.1 Å². The molecule has 152 valence electrons. The molecule has 2 heterocycles. The third kappa shape index (κ3) is 3.89. The fourth-order valence-electron chi connectivity index (χ4n) is 3.40. The Hall–Kier alpha value is -3.32. The molecule has 0 aliphatic heterocycles. The van der Waals surface area contributed by atoms with Gasteiger partial charge in [0.25, 0.3) is 5.56 Å². The van der Waals surface area contributed by atoms with E-state index in [0.717, 1.165) is 32.0 Å². The molecule has 0 fully saturated rings. The van der Waals surface area contributed by atoms with Crippen LogP contribution in [0.2, 0.25) is 0 Å². The maximum absolute atomic E-state index is 13.0. The normalized spacial score (nSPS) is 11.1. The van der Waals surface area contributed by atoms with Crippen LogP contribution in [0.5, 0.6) is 0 Å². The average Bonchev–Trinajstić information content (AvgIpc) is 3.08. The van der Waals surface area contributed by atoms with E-state index in [1.165, 1.54) is 16.0 Å². The van der Waals surface area contributed by atoms with E-state index < -0.39 is 0 Å². The first kappa shape index (κ1) is 20.0. The van der Waals surface area contributed by atoms with Crippen molar-refractivity contribution in [2.24, 2.45) is 0 Å². The van der Waals surface area contributed by atoms with Crippen LogP contribution in [-0.2, 0) is 11.3 Å². The van der Waals surface area contributed by atoms with Crippen LogP contribution in [0.1, 0.15) is 21.7 Å². The van der Waals surface area contributed by atoms with Crippen molar-refractivity contribution in [3.63, 3.8) is 0 Å². The molecule has 0 saturated carbocycles. The third-order valence-electron chi connectivity index (χ3n) is 4.87. The molecule has 2 aromatic carbocycles. The molecule has 0 radical (unpaired) electrons. The third-order valence-corrected chi connectivity index (χ3v) is 5.85. The second-order valence-corrected chi connectivity index (χ2v) is 8.66. The molecule has 0 unspecified atom stereocenters. The van der Waals surface area contributed by atoms with E-state index in [0.29, 0.717) is 16.9 Å². The number of fused-ring (bicyclic) bond motifs is 1. The van der Waals surface area contributed by atoms with Crippen molar-refractivity contribution < 1.29 is 4.79 Å². The Balaban J connectivity index is 1.76. The lowest BCUT2D eigenvalue weighted by Crippen LogP contribution is -2.30. The van der Waals surface area contributed by atoms with Crippen LogP contribution in [0.4, 0.5) is 5.69 Å². The first-order valence-electron chi connectivity index (χ1n) is 9.64. The number of aromatic nitrogens is 3. The SMILES string of the molecule is Cc1ccc(NC(=O)Cn2nc(-c3ccc(C)cc3C)c3sc(C)nc3c2=O)cc1. The van der Waals surface area contributed by atoms with Crippen LogP contribution in [-0.4, -0.2) is 20.7 Å². The van der Waals surface area contributed by atoms with Crippen molar-refractivity contribution >= 4 is 33.1 Å². The second kappa shape index (κ2) is 7.84. The topological polar surface area (TPSA) is 76.9 Å². The van der Waals surface area contributed by atoms with Crippen molar-refractivity contribution in [2.75, 3.05) is 5.32 Å². The Bertz CT molecular complexity index is 1320.